The Bertz CT molecular complexity index is 1140. The summed E-state index contributed by atoms with van der Waals surface area (Å²) in [5.41, 5.74) is 3.70. The van der Waals surface area contributed by atoms with Crippen molar-refractivity contribution in [1.29, 1.82) is 0 Å². The fourth-order valence-corrected chi connectivity index (χ4v) is 3.75. The molecular formula is C25H23FN2O4. The lowest BCUT2D eigenvalue weighted by Gasteiger charge is -2.18. The first-order valence-electron chi connectivity index (χ1n) is 10.2. The molecule has 6 nitrogen and oxygen atoms in total. The molecule has 1 heterocycles. The molecule has 7 heteroatoms. The number of amides is 2. The third kappa shape index (κ3) is 4.42. The first-order chi connectivity index (χ1) is 15.5. The highest BCUT2D eigenvalue weighted by molar-refractivity contribution is 6.07. The zero-order valence-electron chi connectivity index (χ0n) is 17.9. The average molecular weight is 434 g/mol. The molecule has 0 aliphatic carbocycles. The third-order valence-corrected chi connectivity index (χ3v) is 5.44. The number of ether oxygens (including phenoxy) is 2. The number of benzene rings is 3. The van der Waals surface area contributed by atoms with Crippen molar-refractivity contribution < 1.29 is 23.5 Å². The van der Waals surface area contributed by atoms with Gasteiger partial charge in [0.15, 0.2) is 0 Å². The van der Waals surface area contributed by atoms with Crippen LogP contribution in [0.3, 0.4) is 0 Å². The SMILES string of the molecule is COc1cc(OC)cc(C(=O)NCc2ccc3c(c2)CCN3C(=O)c2ccc(F)cc2)c1. The minimum Gasteiger partial charge on any atom is -0.497 e. The number of fused-ring (bicyclic) bond motifs is 1. The summed E-state index contributed by atoms with van der Waals surface area (Å²) in [6, 6.07) is 16.3. The molecule has 0 bridgehead atoms. The number of hydrogen-bond donors (Lipinski definition) is 1. The Hall–Kier alpha value is -3.87. The van der Waals surface area contributed by atoms with Crippen molar-refractivity contribution >= 4 is 17.5 Å². The molecule has 0 atom stereocenters. The molecule has 0 unspecified atom stereocenters. The van der Waals surface area contributed by atoms with E-state index in [0.29, 0.717) is 35.7 Å². The van der Waals surface area contributed by atoms with Crippen molar-refractivity contribution in [2.24, 2.45) is 0 Å². The average Bonchev–Trinajstić information content (AvgIpc) is 3.25. The van der Waals surface area contributed by atoms with E-state index in [1.165, 1.54) is 38.5 Å². The monoisotopic (exact) mass is 434 g/mol. The maximum absolute atomic E-state index is 13.2. The van der Waals surface area contributed by atoms with Gasteiger partial charge in [-0.1, -0.05) is 12.1 Å². The Morgan fingerprint density at radius 3 is 2.28 bits per heavy atom. The molecule has 1 aliphatic heterocycles. The number of anilines is 1. The van der Waals surface area contributed by atoms with Crippen molar-refractivity contribution in [2.45, 2.75) is 13.0 Å². The third-order valence-electron chi connectivity index (χ3n) is 5.44. The molecule has 0 saturated carbocycles. The fourth-order valence-electron chi connectivity index (χ4n) is 3.75. The minimum atomic E-state index is -0.373. The largest absolute Gasteiger partial charge is 0.497 e. The normalized spacial score (nSPS) is 12.3. The van der Waals surface area contributed by atoms with Crippen LogP contribution in [0.1, 0.15) is 31.8 Å². The maximum atomic E-state index is 13.2. The molecule has 3 aromatic rings. The van der Waals surface area contributed by atoms with Crippen molar-refractivity contribution in [2.75, 3.05) is 25.7 Å². The number of nitrogens with zero attached hydrogens (tertiary/aromatic N) is 1. The van der Waals surface area contributed by atoms with Crippen LogP contribution < -0.4 is 19.7 Å². The van der Waals surface area contributed by atoms with Gasteiger partial charge >= 0.3 is 0 Å². The summed E-state index contributed by atoms with van der Waals surface area (Å²) in [6.07, 6.45) is 0.719. The molecule has 3 aromatic carbocycles. The van der Waals surface area contributed by atoms with Crippen LogP contribution in [0.2, 0.25) is 0 Å². The van der Waals surface area contributed by atoms with E-state index in [0.717, 1.165) is 23.2 Å². The molecule has 0 fully saturated rings. The summed E-state index contributed by atoms with van der Waals surface area (Å²) < 4.78 is 23.6. The standard InChI is InChI=1S/C25H23FN2O4/c1-31-21-12-19(13-22(14-21)32-2)24(29)27-15-16-3-8-23-18(11-16)9-10-28(23)25(30)17-4-6-20(26)7-5-17/h3-8,11-14H,9-10,15H2,1-2H3,(H,27,29). The van der Waals surface area contributed by atoms with Gasteiger partial charge in [0.1, 0.15) is 17.3 Å². The summed E-state index contributed by atoms with van der Waals surface area (Å²) in [4.78, 5) is 27.1. The summed E-state index contributed by atoms with van der Waals surface area (Å²) in [7, 11) is 3.07. The van der Waals surface area contributed by atoms with Crippen LogP contribution in [0.4, 0.5) is 10.1 Å². The number of methoxy groups -OCH3 is 2. The molecule has 32 heavy (non-hydrogen) atoms. The van der Waals surface area contributed by atoms with Crippen LogP contribution in [0.5, 0.6) is 11.5 Å². The van der Waals surface area contributed by atoms with Crippen molar-refractivity contribution in [3.8, 4) is 11.5 Å². The van der Waals surface area contributed by atoms with Crippen molar-refractivity contribution in [1.82, 2.24) is 5.32 Å². The van der Waals surface area contributed by atoms with Crippen LogP contribution in [-0.2, 0) is 13.0 Å². The summed E-state index contributed by atoms with van der Waals surface area (Å²) in [6.45, 7) is 0.905. The first-order valence-corrected chi connectivity index (χ1v) is 10.2. The van der Waals surface area contributed by atoms with E-state index in [1.807, 2.05) is 18.2 Å². The van der Waals surface area contributed by atoms with Crippen LogP contribution in [-0.4, -0.2) is 32.6 Å². The summed E-state index contributed by atoms with van der Waals surface area (Å²) in [5.74, 6) is 0.311. The van der Waals surface area contributed by atoms with E-state index in [9.17, 15) is 14.0 Å². The second kappa shape index (κ2) is 9.09. The van der Waals surface area contributed by atoms with E-state index < -0.39 is 0 Å². The Kier molecular flexibility index (Phi) is 6.07. The van der Waals surface area contributed by atoms with Gasteiger partial charge in [0.05, 0.1) is 14.2 Å². The molecular weight excluding hydrogens is 411 g/mol. The Morgan fingerprint density at radius 2 is 1.62 bits per heavy atom. The Labute approximate surface area is 185 Å². The number of halogens is 1. The van der Waals surface area contributed by atoms with Gasteiger partial charge in [-0.3, -0.25) is 9.59 Å². The highest BCUT2D eigenvalue weighted by Crippen LogP contribution is 2.30. The van der Waals surface area contributed by atoms with Gasteiger partial charge < -0.3 is 19.7 Å². The lowest BCUT2D eigenvalue weighted by Crippen LogP contribution is -2.28. The predicted molar refractivity (Wildman–Crippen MR) is 119 cm³/mol. The van der Waals surface area contributed by atoms with E-state index in [-0.39, 0.29) is 17.6 Å². The molecule has 0 saturated heterocycles. The van der Waals surface area contributed by atoms with Gasteiger partial charge in [-0.05, 0) is 60.0 Å². The van der Waals surface area contributed by atoms with Crippen LogP contribution in [0.25, 0.3) is 0 Å². The van der Waals surface area contributed by atoms with Gasteiger partial charge in [-0.2, -0.15) is 0 Å². The zero-order valence-corrected chi connectivity index (χ0v) is 17.9. The van der Waals surface area contributed by atoms with Gasteiger partial charge in [0, 0.05) is 36.0 Å². The number of nitrogens with one attached hydrogen (secondary N) is 1. The maximum Gasteiger partial charge on any atom is 0.258 e. The van der Waals surface area contributed by atoms with Crippen LogP contribution >= 0.6 is 0 Å². The van der Waals surface area contributed by atoms with Gasteiger partial charge in [-0.15, -0.1) is 0 Å². The Balaban J connectivity index is 1.44. The highest BCUT2D eigenvalue weighted by Gasteiger charge is 2.25. The Morgan fingerprint density at radius 1 is 0.938 bits per heavy atom. The van der Waals surface area contributed by atoms with Crippen molar-refractivity contribution in [3.63, 3.8) is 0 Å². The molecule has 0 spiro atoms. The van der Waals surface area contributed by atoms with Crippen LogP contribution in [0, 0.1) is 5.82 Å². The molecule has 164 valence electrons. The first kappa shape index (κ1) is 21.4. The molecule has 0 aromatic heterocycles. The van der Waals surface area contributed by atoms with Gasteiger partial charge in [0.25, 0.3) is 11.8 Å². The lowest BCUT2D eigenvalue weighted by atomic mass is 10.1. The quantitative estimate of drug-likeness (QED) is 0.637. The number of rotatable bonds is 6. The zero-order chi connectivity index (χ0) is 22.7. The van der Waals surface area contributed by atoms with Crippen molar-refractivity contribution in [3.05, 3.63) is 88.7 Å². The fraction of sp³-hybridized carbons (Fsp3) is 0.200. The number of carbonyl (C=O) groups is 2. The summed E-state index contributed by atoms with van der Waals surface area (Å²) in [5, 5.41) is 2.91. The van der Waals surface area contributed by atoms with E-state index in [4.69, 9.17) is 9.47 Å². The van der Waals surface area contributed by atoms with E-state index in [1.54, 1.807) is 23.1 Å². The highest BCUT2D eigenvalue weighted by atomic mass is 19.1. The minimum absolute atomic E-state index is 0.156. The summed E-state index contributed by atoms with van der Waals surface area (Å²) >= 11 is 0. The molecule has 0 radical (unpaired) electrons. The molecule has 1 aliphatic rings. The van der Waals surface area contributed by atoms with E-state index in [2.05, 4.69) is 5.32 Å². The smallest absolute Gasteiger partial charge is 0.258 e. The molecule has 4 rings (SSSR count). The lowest BCUT2D eigenvalue weighted by molar-refractivity contribution is 0.0948. The molecule has 2 amide bonds. The van der Waals surface area contributed by atoms with Gasteiger partial charge in [0.2, 0.25) is 0 Å². The number of carbonyl (C=O) groups excluding carboxylic acids is 2. The van der Waals surface area contributed by atoms with E-state index >= 15 is 0 Å². The topological polar surface area (TPSA) is 67.9 Å². The molecule has 1 N–H and O–H groups in total. The second-order valence-electron chi connectivity index (χ2n) is 7.46. The second-order valence-corrected chi connectivity index (χ2v) is 7.46. The van der Waals surface area contributed by atoms with Crippen LogP contribution in [0.15, 0.2) is 60.7 Å². The van der Waals surface area contributed by atoms with Gasteiger partial charge in [-0.25, -0.2) is 4.39 Å². The predicted octanol–water partition coefficient (Wildman–Crippen LogP) is 3.98. The number of hydrogen-bond acceptors (Lipinski definition) is 4.